The van der Waals surface area contributed by atoms with Crippen LogP contribution in [0.15, 0.2) is 66.9 Å². The number of fused-ring (bicyclic) bond motifs is 1. The Morgan fingerprint density at radius 3 is 2.46 bits per heavy atom. The van der Waals surface area contributed by atoms with Gasteiger partial charge in [0.25, 0.3) is 5.91 Å². The number of benzene rings is 3. The van der Waals surface area contributed by atoms with E-state index in [1.54, 1.807) is 26.3 Å². The maximum atomic E-state index is 14.4. The number of halogens is 1. The first-order chi connectivity index (χ1) is 19.9. The predicted octanol–water partition coefficient (Wildman–Crippen LogP) is 5.77. The fourth-order valence-electron chi connectivity index (χ4n) is 5.72. The second kappa shape index (κ2) is 12.5. The Hall–Kier alpha value is -4.30. The third kappa shape index (κ3) is 6.07. The Morgan fingerprint density at radius 2 is 1.73 bits per heavy atom. The normalized spacial score (nSPS) is 14.5. The van der Waals surface area contributed by atoms with E-state index in [0.29, 0.717) is 5.56 Å². The van der Waals surface area contributed by atoms with E-state index in [4.69, 9.17) is 9.72 Å². The molecule has 0 radical (unpaired) electrons. The zero-order chi connectivity index (χ0) is 28.9. The minimum Gasteiger partial charge on any atom is -0.494 e. The number of ether oxygens (including phenoxy) is 1. The van der Waals surface area contributed by atoms with Crippen LogP contribution in [-0.4, -0.2) is 53.1 Å². The van der Waals surface area contributed by atoms with E-state index in [9.17, 15) is 19.1 Å². The largest absolute Gasteiger partial charge is 0.494 e. The summed E-state index contributed by atoms with van der Waals surface area (Å²) in [6.07, 6.45) is 5.49. The molecule has 2 N–H and O–H groups in total. The lowest BCUT2D eigenvalue weighted by molar-refractivity contribution is -0.139. The molecule has 0 bridgehead atoms. The monoisotopic (exact) mass is 555 g/mol. The molecule has 1 aromatic heterocycles. The number of carbonyl (C=O) groups excluding carboxylic acids is 1. The van der Waals surface area contributed by atoms with Gasteiger partial charge in [-0.3, -0.25) is 14.7 Å². The second-order valence-corrected chi connectivity index (χ2v) is 10.5. The Bertz CT molecular complexity index is 1560. The van der Waals surface area contributed by atoms with Gasteiger partial charge in [-0.15, -0.1) is 0 Å². The van der Waals surface area contributed by atoms with Crippen LogP contribution in [-0.2, 0) is 17.8 Å². The first kappa shape index (κ1) is 28.2. The quantitative estimate of drug-likeness (QED) is 0.273. The van der Waals surface area contributed by atoms with Gasteiger partial charge >= 0.3 is 5.97 Å². The maximum Gasteiger partial charge on any atom is 0.326 e. The van der Waals surface area contributed by atoms with Gasteiger partial charge in [0.2, 0.25) is 0 Å². The fourth-order valence-corrected chi connectivity index (χ4v) is 5.72. The van der Waals surface area contributed by atoms with Crippen molar-refractivity contribution < 1.29 is 23.8 Å². The van der Waals surface area contributed by atoms with Crippen LogP contribution in [0.4, 0.5) is 4.39 Å². The van der Waals surface area contributed by atoms with E-state index in [2.05, 4.69) is 10.2 Å². The highest BCUT2D eigenvalue weighted by Crippen LogP contribution is 2.37. The lowest BCUT2D eigenvalue weighted by Crippen LogP contribution is -2.42. The maximum absolute atomic E-state index is 14.4. The number of carbonyl (C=O) groups is 2. The molecule has 0 unspecified atom stereocenters. The van der Waals surface area contributed by atoms with Crippen molar-refractivity contribution >= 4 is 22.6 Å². The number of carboxylic acid groups (broad SMARTS) is 1. The molecule has 1 amide bonds. The van der Waals surface area contributed by atoms with Crippen molar-refractivity contribution in [3.05, 3.63) is 94.9 Å². The van der Waals surface area contributed by atoms with Gasteiger partial charge < -0.3 is 15.2 Å². The van der Waals surface area contributed by atoms with Gasteiger partial charge in [0.05, 0.1) is 12.7 Å². The zero-order valence-electron chi connectivity index (χ0n) is 23.3. The van der Waals surface area contributed by atoms with E-state index in [0.717, 1.165) is 58.5 Å². The zero-order valence-corrected chi connectivity index (χ0v) is 23.3. The van der Waals surface area contributed by atoms with Crippen molar-refractivity contribution in [2.75, 3.05) is 20.2 Å². The molecular formula is C33H34FN3O4. The van der Waals surface area contributed by atoms with E-state index < -0.39 is 23.7 Å². The van der Waals surface area contributed by atoms with Gasteiger partial charge in [-0.2, -0.15) is 0 Å². The Balaban J connectivity index is 1.48. The summed E-state index contributed by atoms with van der Waals surface area (Å²) in [5.41, 5.74) is 3.70. The number of rotatable bonds is 9. The number of aliphatic carboxylic acids is 1. The number of carboxylic acids is 1. The number of hydrogen-bond acceptors (Lipinski definition) is 5. The van der Waals surface area contributed by atoms with Crippen molar-refractivity contribution in [2.24, 2.45) is 0 Å². The Morgan fingerprint density at radius 1 is 1.00 bits per heavy atom. The molecule has 0 saturated carbocycles. The number of methoxy groups -OCH3 is 1. The summed E-state index contributed by atoms with van der Waals surface area (Å²) in [5, 5.41) is 14.2. The summed E-state index contributed by atoms with van der Waals surface area (Å²) >= 11 is 0. The van der Waals surface area contributed by atoms with Crippen molar-refractivity contribution in [1.82, 2.24) is 15.2 Å². The minimum atomic E-state index is -1.25. The van der Waals surface area contributed by atoms with Gasteiger partial charge in [-0.1, -0.05) is 55.0 Å². The summed E-state index contributed by atoms with van der Waals surface area (Å²) in [6.45, 7) is 4.53. The van der Waals surface area contributed by atoms with Crippen LogP contribution < -0.4 is 10.1 Å². The highest BCUT2D eigenvalue weighted by molar-refractivity contribution is 6.00. The molecule has 4 aromatic rings. The van der Waals surface area contributed by atoms with Crippen LogP contribution in [0.3, 0.4) is 0 Å². The highest BCUT2D eigenvalue weighted by Gasteiger charge is 2.25. The van der Waals surface area contributed by atoms with Gasteiger partial charge in [0.15, 0.2) is 0 Å². The Kier molecular flexibility index (Phi) is 8.59. The number of piperidine rings is 1. The molecule has 3 aromatic carbocycles. The van der Waals surface area contributed by atoms with Crippen LogP contribution >= 0.6 is 0 Å². The predicted molar refractivity (Wildman–Crippen MR) is 157 cm³/mol. The number of pyridine rings is 1. The number of aromatic nitrogens is 1. The van der Waals surface area contributed by atoms with Crippen molar-refractivity contribution in [2.45, 2.75) is 45.2 Å². The molecule has 2 heterocycles. The van der Waals surface area contributed by atoms with E-state index in [1.807, 2.05) is 42.5 Å². The molecule has 212 valence electrons. The smallest absolute Gasteiger partial charge is 0.326 e. The van der Waals surface area contributed by atoms with Crippen LogP contribution in [0, 0.1) is 12.7 Å². The van der Waals surface area contributed by atoms with Crippen molar-refractivity contribution in [1.29, 1.82) is 0 Å². The number of nitrogens with one attached hydrogen (secondary N) is 1. The molecule has 1 aliphatic rings. The van der Waals surface area contributed by atoms with Gasteiger partial charge in [-0.25, -0.2) is 9.18 Å². The number of nitrogens with zero attached hydrogens (tertiary/aromatic N) is 2. The third-order valence-electron chi connectivity index (χ3n) is 7.78. The first-order valence-electron chi connectivity index (χ1n) is 13.9. The van der Waals surface area contributed by atoms with Crippen molar-refractivity contribution in [3.8, 4) is 17.0 Å². The molecule has 1 atom stereocenters. The second-order valence-electron chi connectivity index (χ2n) is 10.5. The summed E-state index contributed by atoms with van der Waals surface area (Å²) in [6, 6.07) is 16.6. The van der Waals surface area contributed by atoms with Crippen LogP contribution in [0.5, 0.6) is 5.75 Å². The number of hydrogen-bond donors (Lipinski definition) is 2. The molecule has 0 aliphatic carbocycles. The minimum absolute atomic E-state index is 0.0227. The summed E-state index contributed by atoms with van der Waals surface area (Å²) in [4.78, 5) is 32.3. The van der Waals surface area contributed by atoms with E-state index in [-0.39, 0.29) is 12.0 Å². The van der Waals surface area contributed by atoms with E-state index in [1.165, 1.54) is 31.4 Å². The summed E-state index contributed by atoms with van der Waals surface area (Å²) in [7, 11) is 1.66. The lowest BCUT2D eigenvalue weighted by Gasteiger charge is -2.27. The third-order valence-corrected chi connectivity index (χ3v) is 7.78. The van der Waals surface area contributed by atoms with Gasteiger partial charge in [0, 0.05) is 30.3 Å². The fraction of sp³-hybridized carbons (Fsp3) is 0.303. The SMILES string of the molecule is COc1c(CN2CCCCC2)ccnc1-c1cccc2c(C[C@H](NC(=O)c3c(C)cccc3F)C(=O)O)cccc12. The molecule has 41 heavy (non-hydrogen) atoms. The molecule has 1 saturated heterocycles. The summed E-state index contributed by atoms with van der Waals surface area (Å²) in [5.74, 6) is -1.92. The molecular weight excluding hydrogens is 521 g/mol. The molecule has 5 rings (SSSR count). The molecule has 8 heteroatoms. The lowest BCUT2D eigenvalue weighted by atomic mass is 9.94. The highest BCUT2D eigenvalue weighted by atomic mass is 19.1. The number of likely N-dealkylation sites (tertiary alicyclic amines) is 1. The van der Waals surface area contributed by atoms with Crippen LogP contribution in [0.2, 0.25) is 0 Å². The molecule has 1 fully saturated rings. The average Bonchev–Trinajstić information content (AvgIpc) is 2.97. The number of aryl methyl sites for hydroxylation is 1. The topological polar surface area (TPSA) is 91.8 Å². The average molecular weight is 556 g/mol. The first-order valence-corrected chi connectivity index (χ1v) is 13.9. The van der Waals surface area contributed by atoms with Crippen molar-refractivity contribution in [3.63, 3.8) is 0 Å². The molecule has 1 aliphatic heterocycles. The van der Waals surface area contributed by atoms with Gasteiger partial charge in [0.1, 0.15) is 23.3 Å². The molecule has 0 spiro atoms. The summed E-state index contributed by atoms with van der Waals surface area (Å²) < 4.78 is 20.3. The Labute approximate surface area is 239 Å². The van der Waals surface area contributed by atoms with Crippen LogP contribution in [0.25, 0.3) is 22.0 Å². The number of amides is 1. The molecule has 7 nitrogen and oxygen atoms in total. The van der Waals surface area contributed by atoms with Gasteiger partial charge in [-0.05, 0) is 66.9 Å². The van der Waals surface area contributed by atoms with E-state index >= 15 is 0 Å². The van der Waals surface area contributed by atoms with Crippen LogP contribution in [0.1, 0.15) is 46.3 Å². The standard InChI is InChI=1S/C33H34FN3O4/c1-21-9-6-14-27(34)29(21)32(38)36-28(33(39)40)19-22-10-7-12-25-24(22)11-8-13-26(25)30-31(41-2)23(15-16-35-30)20-37-17-4-3-5-18-37/h6-16,28H,3-5,17-20H2,1-2H3,(H,36,38)(H,39,40)/t28-/m0/s1.